The van der Waals surface area contributed by atoms with Crippen molar-refractivity contribution in [3.8, 4) is 11.6 Å². The van der Waals surface area contributed by atoms with Gasteiger partial charge in [0.2, 0.25) is 0 Å². The van der Waals surface area contributed by atoms with Crippen molar-refractivity contribution in [3.63, 3.8) is 0 Å². The van der Waals surface area contributed by atoms with Gasteiger partial charge < -0.3 is 4.74 Å². The van der Waals surface area contributed by atoms with Gasteiger partial charge >= 0.3 is 0 Å². The van der Waals surface area contributed by atoms with Crippen LogP contribution in [0.1, 0.15) is 16.3 Å². The summed E-state index contributed by atoms with van der Waals surface area (Å²) in [5.41, 5.74) is 2.36. The topological polar surface area (TPSA) is 69.9 Å². The van der Waals surface area contributed by atoms with Gasteiger partial charge in [-0.1, -0.05) is 30.0 Å². The van der Waals surface area contributed by atoms with E-state index in [1.165, 1.54) is 35.2 Å². The third kappa shape index (κ3) is 4.85. The van der Waals surface area contributed by atoms with Crippen LogP contribution < -0.4 is 10.3 Å². The summed E-state index contributed by atoms with van der Waals surface area (Å²) in [4.78, 5) is 27.1. The molecule has 0 unspecified atom stereocenters. The molecule has 5 aromatic rings. The maximum atomic E-state index is 13.3. The highest BCUT2D eigenvalue weighted by Crippen LogP contribution is 2.25. The highest BCUT2D eigenvalue weighted by Gasteiger charge is 2.15. The highest BCUT2D eigenvalue weighted by molar-refractivity contribution is 7.98. The summed E-state index contributed by atoms with van der Waals surface area (Å²) in [6.45, 7) is 2.25. The van der Waals surface area contributed by atoms with Gasteiger partial charge in [0.05, 0.1) is 16.6 Å². The van der Waals surface area contributed by atoms with Crippen molar-refractivity contribution in [2.24, 2.45) is 0 Å². The van der Waals surface area contributed by atoms with E-state index in [0.29, 0.717) is 40.0 Å². The number of rotatable bonds is 7. The van der Waals surface area contributed by atoms with Gasteiger partial charge in [-0.3, -0.25) is 4.79 Å². The van der Waals surface area contributed by atoms with E-state index >= 15 is 0 Å². The molecule has 2 aromatic carbocycles. The molecule has 0 radical (unpaired) electrons. The molecule has 0 aliphatic carbocycles. The van der Waals surface area contributed by atoms with E-state index in [1.807, 2.05) is 42.6 Å². The Balaban J connectivity index is 1.37. The number of aryl methyl sites for hydroxylation is 1. The van der Waals surface area contributed by atoms with Crippen LogP contribution in [0, 0.1) is 12.7 Å². The van der Waals surface area contributed by atoms with E-state index in [-0.39, 0.29) is 11.4 Å². The van der Waals surface area contributed by atoms with Crippen LogP contribution in [0.5, 0.6) is 5.75 Å². The number of halogens is 1. The molecule has 34 heavy (non-hydrogen) atoms. The van der Waals surface area contributed by atoms with E-state index in [2.05, 4.69) is 9.97 Å². The Morgan fingerprint density at radius 3 is 2.68 bits per heavy atom. The van der Waals surface area contributed by atoms with Gasteiger partial charge in [0, 0.05) is 17.3 Å². The lowest BCUT2D eigenvalue weighted by atomic mass is 10.2. The van der Waals surface area contributed by atoms with Gasteiger partial charge in [0.15, 0.2) is 5.16 Å². The van der Waals surface area contributed by atoms with Crippen LogP contribution in [0.15, 0.2) is 82.2 Å². The van der Waals surface area contributed by atoms with Crippen molar-refractivity contribution in [2.45, 2.75) is 24.4 Å². The number of thiazole rings is 1. The van der Waals surface area contributed by atoms with Crippen LogP contribution in [0.2, 0.25) is 0 Å². The Hall–Kier alpha value is -3.56. The normalized spacial score (nSPS) is 11.1. The SMILES string of the molecule is Cc1ccc(-n2c(SCc3csc(COc4ccc(F)cc4)n3)nc3ccccc3c2=O)nc1. The summed E-state index contributed by atoms with van der Waals surface area (Å²) in [7, 11) is 0. The summed E-state index contributed by atoms with van der Waals surface area (Å²) >= 11 is 2.92. The molecule has 0 bridgehead atoms. The first-order valence-electron chi connectivity index (χ1n) is 10.5. The van der Waals surface area contributed by atoms with Crippen LogP contribution >= 0.6 is 23.1 Å². The minimum Gasteiger partial charge on any atom is -0.486 e. The van der Waals surface area contributed by atoms with Crippen LogP contribution in [-0.4, -0.2) is 19.5 Å². The maximum absolute atomic E-state index is 13.3. The maximum Gasteiger partial charge on any atom is 0.267 e. The number of aromatic nitrogens is 4. The number of hydrogen-bond acceptors (Lipinski definition) is 7. The van der Waals surface area contributed by atoms with Crippen molar-refractivity contribution in [2.75, 3.05) is 0 Å². The molecular weight excluding hydrogens is 471 g/mol. The van der Waals surface area contributed by atoms with Crippen molar-refractivity contribution in [1.29, 1.82) is 0 Å². The monoisotopic (exact) mass is 490 g/mol. The number of para-hydroxylation sites is 1. The summed E-state index contributed by atoms with van der Waals surface area (Å²) in [6.07, 6.45) is 1.74. The Labute approximate surface area is 203 Å². The lowest BCUT2D eigenvalue weighted by molar-refractivity contribution is 0.305. The average Bonchev–Trinajstić information content (AvgIpc) is 3.31. The predicted molar refractivity (Wildman–Crippen MR) is 132 cm³/mol. The standard InChI is InChI=1S/C25H19FN4O2S2/c1-16-6-11-22(27-12-16)30-24(31)20-4-2-3-5-21(20)29-25(30)34-15-18-14-33-23(28-18)13-32-19-9-7-17(26)8-10-19/h2-12,14H,13,15H2,1H3. The first-order valence-corrected chi connectivity index (χ1v) is 12.3. The minimum absolute atomic E-state index is 0.156. The quantitative estimate of drug-likeness (QED) is 0.220. The fourth-order valence-electron chi connectivity index (χ4n) is 3.30. The first kappa shape index (κ1) is 22.2. The lowest BCUT2D eigenvalue weighted by Gasteiger charge is -2.12. The summed E-state index contributed by atoms with van der Waals surface area (Å²) < 4.78 is 20.3. The van der Waals surface area contributed by atoms with Gasteiger partial charge in [0.1, 0.15) is 29.0 Å². The fourth-order valence-corrected chi connectivity index (χ4v) is 5.00. The van der Waals surface area contributed by atoms with Crippen LogP contribution in [-0.2, 0) is 12.4 Å². The number of pyridine rings is 1. The zero-order valence-electron chi connectivity index (χ0n) is 18.1. The van der Waals surface area contributed by atoms with Gasteiger partial charge in [-0.05, 0) is 55.0 Å². The number of ether oxygens (including phenoxy) is 1. The largest absolute Gasteiger partial charge is 0.486 e. The molecule has 3 aromatic heterocycles. The highest BCUT2D eigenvalue weighted by atomic mass is 32.2. The van der Waals surface area contributed by atoms with Gasteiger partial charge in [-0.2, -0.15) is 0 Å². The van der Waals surface area contributed by atoms with Crippen LogP contribution in [0.3, 0.4) is 0 Å². The van der Waals surface area contributed by atoms with E-state index < -0.39 is 0 Å². The molecule has 0 saturated heterocycles. The minimum atomic E-state index is -0.303. The van der Waals surface area contributed by atoms with Gasteiger partial charge in [-0.25, -0.2) is 23.9 Å². The molecule has 0 atom stereocenters. The molecule has 0 aliphatic heterocycles. The van der Waals surface area contributed by atoms with E-state index in [4.69, 9.17) is 9.72 Å². The second kappa shape index (κ2) is 9.74. The van der Waals surface area contributed by atoms with E-state index in [9.17, 15) is 9.18 Å². The second-order valence-electron chi connectivity index (χ2n) is 7.51. The Bertz CT molecular complexity index is 1500. The first-order chi connectivity index (χ1) is 16.6. The average molecular weight is 491 g/mol. The zero-order valence-corrected chi connectivity index (χ0v) is 19.8. The smallest absolute Gasteiger partial charge is 0.267 e. The predicted octanol–water partition coefficient (Wildman–Crippen LogP) is 5.56. The second-order valence-corrected chi connectivity index (χ2v) is 9.39. The van der Waals surface area contributed by atoms with Gasteiger partial charge in [-0.15, -0.1) is 11.3 Å². The van der Waals surface area contributed by atoms with E-state index in [1.54, 1.807) is 29.0 Å². The summed E-state index contributed by atoms with van der Waals surface area (Å²) in [5, 5.41) is 3.87. The molecule has 170 valence electrons. The third-order valence-electron chi connectivity index (χ3n) is 4.99. The number of benzene rings is 2. The molecule has 0 spiro atoms. The van der Waals surface area contributed by atoms with Crippen molar-refractivity contribution < 1.29 is 9.13 Å². The summed E-state index contributed by atoms with van der Waals surface area (Å²) in [5.74, 6) is 1.34. The van der Waals surface area contributed by atoms with Gasteiger partial charge in [0.25, 0.3) is 5.56 Å². The van der Waals surface area contributed by atoms with E-state index in [0.717, 1.165) is 16.3 Å². The molecule has 0 N–H and O–H groups in total. The Morgan fingerprint density at radius 1 is 1.06 bits per heavy atom. The lowest BCUT2D eigenvalue weighted by Crippen LogP contribution is -2.22. The molecule has 0 aliphatic rings. The summed E-state index contributed by atoms with van der Waals surface area (Å²) in [6, 6.07) is 16.9. The molecule has 5 rings (SSSR count). The molecule has 9 heteroatoms. The van der Waals surface area contributed by atoms with Crippen molar-refractivity contribution >= 4 is 34.0 Å². The molecule has 0 amide bonds. The van der Waals surface area contributed by atoms with Crippen LogP contribution in [0.25, 0.3) is 16.7 Å². The molecule has 0 saturated carbocycles. The Morgan fingerprint density at radius 2 is 1.88 bits per heavy atom. The van der Waals surface area contributed by atoms with Crippen molar-refractivity contribution in [3.05, 3.63) is 105 Å². The number of thioether (sulfide) groups is 1. The molecular formula is C25H19FN4O2S2. The third-order valence-corrected chi connectivity index (χ3v) is 6.84. The number of hydrogen-bond donors (Lipinski definition) is 0. The zero-order chi connectivity index (χ0) is 23.5. The van der Waals surface area contributed by atoms with Crippen molar-refractivity contribution in [1.82, 2.24) is 19.5 Å². The number of fused-ring (bicyclic) bond motifs is 1. The fraction of sp³-hybridized carbons (Fsp3) is 0.120. The van der Waals surface area contributed by atoms with Crippen LogP contribution in [0.4, 0.5) is 4.39 Å². The molecule has 0 fully saturated rings. The number of nitrogens with zero attached hydrogens (tertiary/aromatic N) is 4. The Kier molecular flexibility index (Phi) is 6.37. The molecule has 3 heterocycles. The molecule has 6 nitrogen and oxygen atoms in total.